The number of para-hydroxylation sites is 1. The summed E-state index contributed by atoms with van der Waals surface area (Å²) in [6.07, 6.45) is 4.31. The summed E-state index contributed by atoms with van der Waals surface area (Å²) < 4.78 is 11.7. The Kier molecular flexibility index (Phi) is 3.45. The van der Waals surface area contributed by atoms with Gasteiger partial charge in [-0.15, -0.1) is 5.10 Å². The zero-order chi connectivity index (χ0) is 16.6. The molecule has 122 valence electrons. The van der Waals surface area contributed by atoms with Gasteiger partial charge in [0.25, 0.3) is 0 Å². The number of aromatic nitrogens is 3. The van der Waals surface area contributed by atoms with Gasteiger partial charge in [0.1, 0.15) is 11.4 Å². The number of hydrogen-bond acceptors (Lipinski definition) is 6. The molecule has 4 rings (SSSR count). The Balaban J connectivity index is 1.49. The molecule has 24 heavy (non-hydrogen) atoms. The minimum atomic E-state index is -0.155. The van der Waals surface area contributed by atoms with E-state index in [-0.39, 0.29) is 5.60 Å². The minimum absolute atomic E-state index is 0.155. The van der Waals surface area contributed by atoms with E-state index in [0.717, 1.165) is 23.3 Å². The van der Waals surface area contributed by atoms with Gasteiger partial charge in [0.15, 0.2) is 0 Å². The highest BCUT2D eigenvalue weighted by atomic mass is 16.5. The molecular formula is C18H18N4O2. The van der Waals surface area contributed by atoms with Crippen molar-refractivity contribution in [1.29, 1.82) is 0 Å². The highest BCUT2D eigenvalue weighted by Gasteiger charge is 2.31. The summed E-state index contributed by atoms with van der Waals surface area (Å²) in [5.41, 5.74) is 3.01. The fraction of sp³-hybridized carbons (Fsp3) is 0.278. The first kappa shape index (κ1) is 14.7. The van der Waals surface area contributed by atoms with Crippen LogP contribution in [0, 0.1) is 0 Å². The first-order chi connectivity index (χ1) is 11.6. The molecule has 0 atom stereocenters. The number of pyridine rings is 1. The molecule has 0 saturated heterocycles. The van der Waals surface area contributed by atoms with Crippen molar-refractivity contribution in [2.24, 2.45) is 0 Å². The molecule has 0 radical (unpaired) electrons. The largest absolute Gasteiger partial charge is 0.487 e. The van der Waals surface area contributed by atoms with Crippen LogP contribution in [0.4, 0.5) is 6.01 Å². The van der Waals surface area contributed by atoms with Gasteiger partial charge in [-0.25, -0.2) is 0 Å². The van der Waals surface area contributed by atoms with Crippen LogP contribution in [0.2, 0.25) is 0 Å². The lowest BCUT2D eigenvalue weighted by molar-refractivity contribution is 0.137. The Morgan fingerprint density at radius 1 is 1.12 bits per heavy atom. The molecule has 1 aliphatic heterocycles. The average Bonchev–Trinajstić information content (AvgIpc) is 3.16. The number of nitrogens with zero attached hydrogens (tertiary/aromatic N) is 3. The van der Waals surface area contributed by atoms with Crippen molar-refractivity contribution in [2.45, 2.75) is 32.4 Å². The number of anilines is 1. The summed E-state index contributed by atoms with van der Waals surface area (Å²) in [6, 6.07) is 10.3. The summed E-state index contributed by atoms with van der Waals surface area (Å²) in [5, 5.41) is 11.3. The lowest BCUT2D eigenvalue weighted by Gasteiger charge is -2.18. The normalized spacial score (nSPS) is 14.9. The zero-order valence-corrected chi connectivity index (χ0v) is 13.6. The molecule has 0 amide bonds. The van der Waals surface area contributed by atoms with Crippen LogP contribution in [0.15, 0.2) is 47.1 Å². The van der Waals surface area contributed by atoms with E-state index in [1.807, 2.05) is 18.2 Å². The third-order valence-corrected chi connectivity index (χ3v) is 3.95. The van der Waals surface area contributed by atoms with E-state index in [2.05, 4.69) is 46.5 Å². The van der Waals surface area contributed by atoms with Gasteiger partial charge < -0.3 is 14.5 Å². The molecule has 6 heteroatoms. The van der Waals surface area contributed by atoms with Gasteiger partial charge >= 0.3 is 6.01 Å². The van der Waals surface area contributed by atoms with E-state index in [9.17, 15) is 0 Å². The summed E-state index contributed by atoms with van der Waals surface area (Å²) >= 11 is 0. The predicted octanol–water partition coefficient (Wildman–Crippen LogP) is 3.46. The van der Waals surface area contributed by atoms with Gasteiger partial charge in [0, 0.05) is 36.5 Å². The number of nitrogens with one attached hydrogen (secondary N) is 1. The number of hydrogen-bond donors (Lipinski definition) is 1. The number of rotatable bonds is 4. The molecule has 1 N–H and O–H groups in total. The molecule has 0 aliphatic carbocycles. The predicted molar refractivity (Wildman–Crippen MR) is 89.7 cm³/mol. The standard InChI is InChI=1S/C18H18N4O2/c1-18(2)10-13-4-3-5-14(15(13)24-18)11-20-17-22-21-16(23-17)12-6-8-19-9-7-12/h3-9H,10-11H2,1-2H3,(H,20,22). The molecule has 3 heterocycles. The van der Waals surface area contributed by atoms with Gasteiger partial charge in [-0.2, -0.15) is 0 Å². The molecule has 0 saturated carbocycles. The SMILES string of the molecule is CC1(C)Cc2cccc(CNc3nnc(-c4ccncc4)o3)c2O1. The first-order valence-electron chi connectivity index (χ1n) is 7.88. The second kappa shape index (κ2) is 5.63. The Morgan fingerprint density at radius 3 is 2.79 bits per heavy atom. The summed E-state index contributed by atoms with van der Waals surface area (Å²) in [5.74, 6) is 1.43. The quantitative estimate of drug-likeness (QED) is 0.793. The van der Waals surface area contributed by atoms with Crippen LogP contribution in [0.1, 0.15) is 25.0 Å². The molecule has 1 aliphatic rings. The van der Waals surface area contributed by atoms with E-state index in [4.69, 9.17) is 9.15 Å². The molecule has 0 fully saturated rings. The zero-order valence-electron chi connectivity index (χ0n) is 13.6. The molecule has 2 aromatic heterocycles. The Bertz CT molecular complexity index is 858. The molecule has 0 bridgehead atoms. The van der Waals surface area contributed by atoms with E-state index >= 15 is 0 Å². The maximum atomic E-state index is 6.07. The van der Waals surface area contributed by atoms with Gasteiger partial charge in [-0.05, 0) is 31.5 Å². The number of ether oxygens (including phenoxy) is 1. The van der Waals surface area contributed by atoms with Crippen LogP contribution in [-0.4, -0.2) is 20.8 Å². The molecule has 0 spiro atoms. The lowest BCUT2D eigenvalue weighted by atomic mass is 10.0. The summed E-state index contributed by atoms with van der Waals surface area (Å²) in [4.78, 5) is 3.98. The molecule has 3 aromatic rings. The van der Waals surface area contributed by atoms with Crippen LogP contribution < -0.4 is 10.1 Å². The third kappa shape index (κ3) is 2.82. The van der Waals surface area contributed by atoms with Gasteiger partial charge in [0.2, 0.25) is 5.89 Å². The van der Waals surface area contributed by atoms with Crippen LogP contribution in [0.5, 0.6) is 5.75 Å². The molecule has 1 aromatic carbocycles. The molecule has 6 nitrogen and oxygen atoms in total. The van der Waals surface area contributed by atoms with Crippen molar-refractivity contribution in [1.82, 2.24) is 15.2 Å². The maximum absolute atomic E-state index is 6.07. The molecular weight excluding hydrogens is 304 g/mol. The second-order valence-corrected chi connectivity index (χ2v) is 6.45. The van der Waals surface area contributed by atoms with Crippen molar-refractivity contribution in [2.75, 3.05) is 5.32 Å². The second-order valence-electron chi connectivity index (χ2n) is 6.45. The van der Waals surface area contributed by atoms with Crippen LogP contribution in [0.3, 0.4) is 0 Å². The topological polar surface area (TPSA) is 73.1 Å². The van der Waals surface area contributed by atoms with Crippen molar-refractivity contribution in [3.63, 3.8) is 0 Å². The fourth-order valence-corrected chi connectivity index (χ4v) is 2.90. The minimum Gasteiger partial charge on any atom is -0.487 e. The highest BCUT2D eigenvalue weighted by molar-refractivity contribution is 5.52. The van der Waals surface area contributed by atoms with Crippen LogP contribution in [0.25, 0.3) is 11.5 Å². The lowest BCUT2D eigenvalue weighted by Crippen LogP contribution is -2.25. The summed E-state index contributed by atoms with van der Waals surface area (Å²) in [6.45, 7) is 4.77. The smallest absolute Gasteiger partial charge is 0.316 e. The van der Waals surface area contributed by atoms with Crippen molar-refractivity contribution >= 4 is 6.01 Å². The van der Waals surface area contributed by atoms with Gasteiger partial charge in [-0.1, -0.05) is 23.3 Å². The van der Waals surface area contributed by atoms with Gasteiger partial charge in [-0.3, -0.25) is 4.98 Å². The van der Waals surface area contributed by atoms with E-state index in [1.165, 1.54) is 5.56 Å². The third-order valence-electron chi connectivity index (χ3n) is 3.95. The van der Waals surface area contributed by atoms with Crippen LogP contribution >= 0.6 is 0 Å². The van der Waals surface area contributed by atoms with Crippen molar-refractivity contribution in [3.05, 3.63) is 53.9 Å². The maximum Gasteiger partial charge on any atom is 0.316 e. The van der Waals surface area contributed by atoms with Crippen molar-refractivity contribution in [3.8, 4) is 17.2 Å². The van der Waals surface area contributed by atoms with Gasteiger partial charge in [0.05, 0.1) is 0 Å². The monoisotopic (exact) mass is 322 g/mol. The summed E-state index contributed by atoms with van der Waals surface area (Å²) in [7, 11) is 0. The first-order valence-corrected chi connectivity index (χ1v) is 7.88. The Hall–Kier alpha value is -2.89. The fourth-order valence-electron chi connectivity index (χ4n) is 2.90. The van der Waals surface area contributed by atoms with Crippen molar-refractivity contribution < 1.29 is 9.15 Å². The Morgan fingerprint density at radius 2 is 1.96 bits per heavy atom. The van der Waals surface area contributed by atoms with Crippen LogP contribution in [-0.2, 0) is 13.0 Å². The van der Waals surface area contributed by atoms with E-state index < -0.39 is 0 Å². The highest BCUT2D eigenvalue weighted by Crippen LogP contribution is 2.37. The molecule has 0 unspecified atom stereocenters. The van der Waals surface area contributed by atoms with E-state index in [1.54, 1.807) is 12.4 Å². The number of fused-ring (bicyclic) bond motifs is 1. The number of benzene rings is 1. The average molecular weight is 322 g/mol. The van der Waals surface area contributed by atoms with E-state index in [0.29, 0.717) is 18.5 Å². The Labute approximate surface area is 139 Å².